The molecular formula is C13H23NO4. The minimum atomic E-state index is -0.862. The van der Waals surface area contributed by atoms with Gasteiger partial charge in [-0.15, -0.1) is 0 Å². The van der Waals surface area contributed by atoms with Crippen molar-refractivity contribution < 1.29 is 19.4 Å². The number of carbonyl (C=O) groups is 2. The van der Waals surface area contributed by atoms with Gasteiger partial charge in [0.05, 0.1) is 6.42 Å². The summed E-state index contributed by atoms with van der Waals surface area (Å²) in [6.45, 7) is 5.60. The first-order valence-corrected chi connectivity index (χ1v) is 6.59. The molecular weight excluding hydrogens is 234 g/mol. The minimum Gasteiger partial charge on any atom is -0.481 e. The van der Waals surface area contributed by atoms with Gasteiger partial charge in [-0.05, 0) is 32.6 Å². The Hall–Kier alpha value is -1.10. The van der Waals surface area contributed by atoms with Gasteiger partial charge >= 0.3 is 5.97 Å². The fourth-order valence-electron chi connectivity index (χ4n) is 2.20. The van der Waals surface area contributed by atoms with Crippen LogP contribution in [-0.4, -0.2) is 47.7 Å². The van der Waals surface area contributed by atoms with E-state index in [1.165, 1.54) is 0 Å². The fourth-order valence-corrected chi connectivity index (χ4v) is 2.20. The number of carbonyl (C=O) groups excluding carboxylic acids is 1. The standard InChI is InChI=1S/C13H23NO4/c1-10(2)14(6-3-13(16)17)12(15)9-11-4-7-18-8-5-11/h10-11H,3-9H2,1-2H3,(H,16,17). The van der Waals surface area contributed by atoms with Gasteiger partial charge in [0.2, 0.25) is 5.91 Å². The van der Waals surface area contributed by atoms with Crippen molar-refractivity contribution in [2.45, 2.75) is 45.6 Å². The molecule has 1 aliphatic heterocycles. The highest BCUT2D eigenvalue weighted by Crippen LogP contribution is 2.20. The molecule has 1 rings (SSSR count). The van der Waals surface area contributed by atoms with Gasteiger partial charge in [0.25, 0.3) is 0 Å². The summed E-state index contributed by atoms with van der Waals surface area (Å²) >= 11 is 0. The zero-order valence-electron chi connectivity index (χ0n) is 11.2. The van der Waals surface area contributed by atoms with Gasteiger partial charge in [0.15, 0.2) is 0 Å². The molecule has 104 valence electrons. The lowest BCUT2D eigenvalue weighted by molar-refractivity contribution is -0.139. The molecule has 0 unspecified atom stereocenters. The number of carboxylic acid groups (broad SMARTS) is 1. The van der Waals surface area contributed by atoms with E-state index in [1.54, 1.807) is 4.90 Å². The summed E-state index contributed by atoms with van der Waals surface area (Å²) in [6.07, 6.45) is 2.38. The molecule has 0 aromatic carbocycles. The monoisotopic (exact) mass is 257 g/mol. The second-order valence-electron chi connectivity index (χ2n) is 5.08. The second-order valence-corrected chi connectivity index (χ2v) is 5.08. The van der Waals surface area contributed by atoms with Crippen molar-refractivity contribution in [2.24, 2.45) is 5.92 Å². The van der Waals surface area contributed by atoms with Crippen LogP contribution in [0.5, 0.6) is 0 Å². The Balaban J connectivity index is 2.45. The van der Waals surface area contributed by atoms with Crippen LogP contribution in [0.1, 0.15) is 39.5 Å². The van der Waals surface area contributed by atoms with Crippen LogP contribution >= 0.6 is 0 Å². The molecule has 1 heterocycles. The smallest absolute Gasteiger partial charge is 0.305 e. The average Bonchev–Trinajstić information content (AvgIpc) is 2.29. The van der Waals surface area contributed by atoms with Crippen molar-refractivity contribution in [3.8, 4) is 0 Å². The van der Waals surface area contributed by atoms with Gasteiger partial charge in [0, 0.05) is 32.2 Å². The number of hydrogen-bond donors (Lipinski definition) is 1. The van der Waals surface area contributed by atoms with Crippen LogP contribution in [0.15, 0.2) is 0 Å². The molecule has 1 saturated heterocycles. The third kappa shape index (κ3) is 5.04. The van der Waals surface area contributed by atoms with Crippen molar-refractivity contribution in [1.29, 1.82) is 0 Å². The number of aliphatic carboxylic acids is 1. The van der Waals surface area contributed by atoms with E-state index in [0.717, 1.165) is 26.1 Å². The molecule has 0 atom stereocenters. The molecule has 1 fully saturated rings. The molecule has 0 bridgehead atoms. The van der Waals surface area contributed by atoms with Gasteiger partial charge in [-0.3, -0.25) is 9.59 Å². The Kier molecular flexibility index (Phi) is 6.12. The Morgan fingerprint density at radius 1 is 1.33 bits per heavy atom. The van der Waals surface area contributed by atoms with Gasteiger partial charge < -0.3 is 14.7 Å². The predicted molar refractivity (Wildman–Crippen MR) is 67.3 cm³/mol. The van der Waals surface area contributed by atoms with Gasteiger partial charge in [-0.2, -0.15) is 0 Å². The summed E-state index contributed by atoms with van der Waals surface area (Å²) in [4.78, 5) is 24.4. The van der Waals surface area contributed by atoms with E-state index in [1.807, 2.05) is 13.8 Å². The molecule has 5 nitrogen and oxygen atoms in total. The van der Waals surface area contributed by atoms with Crippen LogP contribution in [-0.2, 0) is 14.3 Å². The lowest BCUT2D eigenvalue weighted by Gasteiger charge is -2.29. The number of amides is 1. The topological polar surface area (TPSA) is 66.8 Å². The molecule has 18 heavy (non-hydrogen) atoms. The van der Waals surface area contributed by atoms with E-state index < -0.39 is 5.97 Å². The summed E-state index contributed by atoms with van der Waals surface area (Å²) in [6, 6.07) is 0.0525. The quantitative estimate of drug-likeness (QED) is 0.783. The summed E-state index contributed by atoms with van der Waals surface area (Å²) in [5.41, 5.74) is 0. The third-order valence-electron chi connectivity index (χ3n) is 3.31. The maximum atomic E-state index is 12.2. The zero-order chi connectivity index (χ0) is 13.5. The molecule has 0 aromatic heterocycles. The van der Waals surface area contributed by atoms with E-state index >= 15 is 0 Å². The van der Waals surface area contributed by atoms with Gasteiger partial charge in [-0.1, -0.05) is 0 Å². The molecule has 1 N–H and O–H groups in total. The van der Waals surface area contributed by atoms with Crippen molar-refractivity contribution in [1.82, 2.24) is 4.90 Å². The Morgan fingerprint density at radius 2 is 1.94 bits per heavy atom. The molecule has 0 radical (unpaired) electrons. The fraction of sp³-hybridized carbons (Fsp3) is 0.846. The molecule has 0 aliphatic carbocycles. The number of hydrogen-bond acceptors (Lipinski definition) is 3. The first kappa shape index (κ1) is 15.0. The van der Waals surface area contributed by atoms with Crippen molar-refractivity contribution in [3.63, 3.8) is 0 Å². The molecule has 0 spiro atoms. The van der Waals surface area contributed by atoms with Gasteiger partial charge in [-0.25, -0.2) is 0 Å². The normalized spacial score (nSPS) is 16.8. The second kappa shape index (κ2) is 7.36. The molecule has 1 amide bonds. The van der Waals surface area contributed by atoms with Gasteiger partial charge in [0.1, 0.15) is 0 Å². The molecule has 5 heteroatoms. The van der Waals surface area contributed by atoms with Crippen molar-refractivity contribution in [2.75, 3.05) is 19.8 Å². The maximum absolute atomic E-state index is 12.2. The number of rotatable bonds is 6. The van der Waals surface area contributed by atoms with E-state index in [-0.39, 0.29) is 18.4 Å². The minimum absolute atomic E-state index is 0.0116. The number of carboxylic acids is 1. The number of nitrogens with zero attached hydrogens (tertiary/aromatic N) is 1. The first-order valence-electron chi connectivity index (χ1n) is 6.59. The highest BCUT2D eigenvalue weighted by Gasteiger charge is 2.23. The molecule has 0 saturated carbocycles. The lowest BCUT2D eigenvalue weighted by Crippen LogP contribution is -2.39. The zero-order valence-corrected chi connectivity index (χ0v) is 11.2. The van der Waals surface area contributed by atoms with E-state index in [9.17, 15) is 9.59 Å². The summed E-state index contributed by atoms with van der Waals surface area (Å²) in [7, 11) is 0. The van der Waals surface area contributed by atoms with Crippen LogP contribution in [0.3, 0.4) is 0 Å². The lowest BCUT2D eigenvalue weighted by atomic mass is 9.95. The van der Waals surface area contributed by atoms with Crippen molar-refractivity contribution in [3.05, 3.63) is 0 Å². The van der Waals surface area contributed by atoms with Crippen molar-refractivity contribution >= 4 is 11.9 Å². The SMILES string of the molecule is CC(C)N(CCC(=O)O)C(=O)CC1CCOCC1. The van der Waals surface area contributed by atoms with Crippen LogP contribution in [0, 0.1) is 5.92 Å². The highest BCUT2D eigenvalue weighted by molar-refractivity contribution is 5.77. The Morgan fingerprint density at radius 3 is 2.44 bits per heavy atom. The van der Waals surface area contributed by atoms with Crippen LogP contribution < -0.4 is 0 Å². The summed E-state index contributed by atoms with van der Waals surface area (Å²) in [5, 5.41) is 8.69. The largest absolute Gasteiger partial charge is 0.481 e. The Bertz CT molecular complexity index is 285. The maximum Gasteiger partial charge on any atom is 0.305 e. The average molecular weight is 257 g/mol. The summed E-state index contributed by atoms with van der Waals surface area (Å²) in [5.74, 6) is -0.407. The van der Waals surface area contributed by atoms with E-state index in [2.05, 4.69) is 0 Å². The van der Waals surface area contributed by atoms with E-state index in [4.69, 9.17) is 9.84 Å². The van der Waals surface area contributed by atoms with Crippen LogP contribution in [0.2, 0.25) is 0 Å². The highest BCUT2D eigenvalue weighted by atomic mass is 16.5. The van der Waals surface area contributed by atoms with E-state index in [0.29, 0.717) is 18.9 Å². The molecule has 1 aliphatic rings. The van der Waals surface area contributed by atoms with Crippen LogP contribution in [0.25, 0.3) is 0 Å². The molecule has 0 aromatic rings. The number of ether oxygens (including phenoxy) is 1. The van der Waals surface area contributed by atoms with Crippen LogP contribution in [0.4, 0.5) is 0 Å². The summed E-state index contributed by atoms with van der Waals surface area (Å²) < 4.78 is 5.27. The first-order chi connectivity index (χ1) is 8.50. The third-order valence-corrected chi connectivity index (χ3v) is 3.31. The predicted octanol–water partition coefficient (Wildman–Crippen LogP) is 1.51. The Labute approximate surface area is 108 Å².